The Hall–Kier alpha value is -1.72. The normalized spacial score (nSPS) is 11.8. The monoisotopic (exact) mass is 322 g/mol. The van der Waals surface area contributed by atoms with E-state index in [1.54, 1.807) is 19.2 Å². The molecule has 0 fully saturated rings. The molecule has 1 unspecified atom stereocenters. The van der Waals surface area contributed by atoms with Gasteiger partial charge >= 0.3 is 0 Å². The number of anilines is 1. The molecule has 0 spiro atoms. The summed E-state index contributed by atoms with van der Waals surface area (Å²) in [5.41, 5.74) is 0. The first kappa shape index (κ1) is 15.7. The summed E-state index contributed by atoms with van der Waals surface area (Å²) >= 11 is 7.21. The Labute approximate surface area is 132 Å². The maximum atomic E-state index is 12.1. The minimum Gasteiger partial charge on any atom is -0.497 e. The zero-order valence-electron chi connectivity index (χ0n) is 11.7. The number of carbonyl (C=O) groups is 1. The average Bonchev–Trinajstić information content (AvgIpc) is 2.49. The van der Waals surface area contributed by atoms with E-state index in [-0.39, 0.29) is 11.2 Å². The number of methoxy groups -OCH3 is 1. The molecule has 0 aliphatic heterocycles. The number of hydrogen-bond acceptors (Lipinski definition) is 4. The lowest BCUT2D eigenvalue weighted by Crippen LogP contribution is -2.22. The Balaban J connectivity index is 1.97. The van der Waals surface area contributed by atoms with Crippen molar-refractivity contribution < 1.29 is 9.53 Å². The summed E-state index contributed by atoms with van der Waals surface area (Å²) < 4.78 is 5.17. The average molecular weight is 323 g/mol. The van der Waals surface area contributed by atoms with Crippen molar-refractivity contribution >= 4 is 35.1 Å². The van der Waals surface area contributed by atoms with Crippen molar-refractivity contribution in [2.45, 2.75) is 17.1 Å². The first-order chi connectivity index (χ1) is 10.1. The predicted molar refractivity (Wildman–Crippen MR) is 86.2 cm³/mol. The van der Waals surface area contributed by atoms with Gasteiger partial charge in [-0.25, -0.2) is 4.98 Å². The number of benzene rings is 1. The number of halogens is 1. The molecule has 110 valence electrons. The van der Waals surface area contributed by atoms with Crippen LogP contribution in [0.4, 0.5) is 5.82 Å². The highest BCUT2D eigenvalue weighted by atomic mass is 35.5. The summed E-state index contributed by atoms with van der Waals surface area (Å²) in [5, 5.41) is 3.04. The van der Waals surface area contributed by atoms with Gasteiger partial charge in [-0.3, -0.25) is 4.79 Å². The second-order valence-corrected chi connectivity index (χ2v) is 6.14. The molecule has 21 heavy (non-hydrogen) atoms. The molecule has 2 aromatic rings. The summed E-state index contributed by atoms with van der Waals surface area (Å²) in [5.74, 6) is 1.15. The number of amides is 1. The highest BCUT2D eigenvalue weighted by molar-refractivity contribution is 8.00. The van der Waals surface area contributed by atoms with E-state index in [1.165, 1.54) is 18.0 Å². The predicted octanol–water partition coefficient (Wildman–Crippen LogP) is 3.86. The van der Waals surface area contributed by atoms with Crippen LogP contribution in [0.5, 0.6) is 5.75 Å². The molecule has 1 atom stereocenters. The molecule has 6 heteroatoms. The largest absolute Gasteiger partial charge is 0.497 e. The van der Waals surface area contributed by atoms with Crippen LogP contribution >= 0.6 is 23.4 Å². The van der Waals surface area contributed by atoms with Gasteiger partial charge in [0, 0.05) is 11.1 Å². The first-order valence-electron chi connectivity index (χ1n) is 6.31. The van der Waals surface area contributed by atoms with Crippen molar-refractivity contribution in [3.8, 4) is 5.75 Å². The van der Waals surface area contributed by atoms with Crippen LogP contribution in [0.15, 0.2) is 47.5 Å². The number of nitrogens with one attached hydrogen (secondary N) is 1. The quantitative estimate of drug-likeness (QED) is 0.849. The maximum Gasteiger partial charge on any atom is 0.238 e. The molecule has 1 heterocycles. The third kappa shape index (κ3) is 4.65. The fourth-order valence-electron chi connectivity index (χ4n) is 1.61. The maximum absolute atomic E-state index is 12.1. The lowest BCUT2D eigenvalue weighted by Gasteiger charge is -2.12. The van der Waals surface area contributed by atoms with Gasteiger partial charge in [0.15, 0.2) is 0 Å². The smallest absolute Gasteiger partial charge is 0.238 e. The Kier molecular flexibility index (Phi) is 5.47. The van der Waals surface area contributed by atoms with Crippen LogP contribution < -0.4 is 10.1 Å². The van der Waals surface area contributed by atoms with Crippen molar-refractivity contribution in [2.24, 2.45) is 0 Å². The van der Waals surface area contributed by atoms with Gasteiger partial charge in [0.25, 0.3) is 0 Å². The molecule has 0 saturated heterocycles. The minimum absolute atomic E-state index is 0.113. The van der Waals surface area contributed by atoms with Crippen LogP contribution in [0.25, 0.3) is 0 Å². The van der Waals surface area contributed by atoms with Crippen LogP contribution in [0.2, 0.25) is 5.02 Å². The Morgan fingerprint density at radius 1 is 1.38 bits per heavy atom. The van der Waals surface area contributed by atoms with Gasteiger partial charge in [-0.15, -0.1) is 11.8 Å². The van der Waals surface area contributed by atoms with Gasteiger partial charge in [-0.05, 0) is 37.3 Å². The summed E-state index contributed by atoms with van der Waals surface area (Å²) in [7, 11) is 1.62. The zero-order valence-corrected chi connectivity index (χ0v) is 13.2. The number of carbonyl (C=O) groups excluding carboxylic acids is 1. The topological polar surface area (TPSA) is 51.2 Å². The van der Waals surface area contributed by atoms with Gasteiger partial charge in [-0.1, -0.05) is 17.7 Å². The molecule has 1 aromatic carbocycles. The molecule has 0 bridgehead atoms. The van der Waals surface area contributed by atoms with Gasteiger partial charge in [0.2, 0.25) is 5.91 Å². The van der Waals surface area contributed by atoms with Gasteiger partial charge < -0.3 is 10.1 Å². The Bertz CT molecular complexity index is 619. The van der Waals surface area contributed by atoms with E-state index in [1.807, 2.05) is 31.2 Å². The molecule has 1 amide bonds. The number of rotatable bonds is 5. The fourth-order valence-corrected chi connectivity index (χ4v) is 2.64. The van der Waals surface area contributed by atoms with Crippen LogP contribution in [-0.4, -0.2) is 23.3 Å². The van der Waals surface area contributed by atoms with E-state index in [0.29, 0.717) is 10.8 Å². The van der Waals surface area contributed by atoms with Crippen molar-refractivity contribution in [3.63, 3.8) is 0 Å². The standard InChI is InChI=1S/C15H15ClN2O2S/c1-10(21-13-5-3-4-12(8-13)20-2)15(19)18-14-7-6-11(16)9-17-14/h3-10H,1-2H3,(H,17,18,19). The van der Waals surface area contributed by atoms with Crippen molar-refractivity contribution in [1.82, 2.24) is 4.98 Å². The van der Waals surface area contributed by atoms with E-state index in [0.717, 1.165) is 10.6 Å². The number of aromatic nitrogens is 1. The van der Waals surface area contributed by atoms with Crippen LogP contribution in [-0.2, 0) is 4.79 Å². The van der Waals surface area contributed by atoms with E-state index in [9.17, 15) is 4.79 Å². The molecule has 0 radical (unpaired) electrons. The minimum atomic E-state index is -0.255. The number of thioether (sulfide) groups is 1. The van der Waals surface area contributed by atoms with Crippen LogP contribution in [0.3, 0.4) is 0 Å². The van der Waals surface area contributed by atoms with E-state index >= 15 is 0 Å². The SMILES string of the molecule is COc1cccc(SC(C)C(=O)Nc2ccc(Cl)cn2)c1. The third-order valence-electron chi connectivity index (χ3n) is 2.70. The molecule has 0 saturated carbocycles. The Morgan fingerprint density at radius 2 is 2.19 bits per heavy atom. The molecule has 1 N–H and O–H groups in total. The lowest BCUT2D eigenvalue weighted by molar-refractivity contribution is -0.115. The molecule has 1 aromatic heterocycles. The molecular formula is C15H15ClN2O2S. The highest BCUT2D eigenvalue weighted by Gasteiger charge is 2.15. The second-order valence-electron chi connectivity index (χ2n) is 4.29. The molecule has 0 aliphatic rings. The molecule has 2 rings (SSSR count). The summed E-state index contributed by atoms with van der Waals surface area (Å²) in [6, 6.07) is 11.0. The van der Waals surface area contributed by atoms with Crippen molar-refractivity contribution in [2.75, 3.05) is 12.4 Å². The Morgan fingerprint density at radius 3 is 2.86 bits per heavy atom. The molecule has 4 nitrogen and oxygen atoms in total. The number of hydrogen-bond donors (Lipinski definition) is 1. The summed E-state index contributed by atoms with van der Waals surface area (Å²) in [6.45, 7) is 1.84. The van der Waals surface area contributed by atoms with Crippen LogP contribution in [0.1, 0.15) is 6.92 Å². The van der Waals surface area contributed by atoms with E-state index in [4.69, 9.17) is 16.3 Å². The number of nitrogens with zero attached hydrogens (tertiary/aromatic N) is 1. The van der Waals surface area contributed by atoms with Gasteiger partial charge in [0.05, 0.1) is 17.4 Å². The lowest BCUT2D eigenvalue weighted by atomic mass is 10.3. The van der Waals surface area contributed by atoms with Gasteiger partial charge in [-0.2, -0.15) is 0 Å². The van der Waals surface area contributed by atoms with Crippen molar-refractivity contribution in [1.29, 1.82) is 0 Å². The fraction of sp³-hybridized carbons (Fsp3) is 0.200. The van der Waals surface area contributed by atoms with Crippen molar-refractivity contribution in [3.05, 3.63) is 47.6 Å². The van der Waals surface area contributed by atoms with Gasteiger partial charge in [0.1, 0.15) is 11.6 Å². The summed E-state index contributed by atoms with van der Waals surface area (Å²) in [6.07, 6.45) is 1.50. The first-order valence-corrected chi connectivity index (χ1v) is 7.57. The van der Waals surface area contributed by atoms with E-state index < -0.39 is 0 Å². The zero-order chi connectivity index (χ0) is 15.2. The summed E-state index contributed by atoms with van der Waals surface area (Å²) in [4.78, 5) is 17.1. The number of pyridine rings is 1. The van der Waals surface area contributed by atoms with E-state index in [2.05, 4.69) is 10.3 Å². The van der Waals surface area contributed by atoms with Crippen LogP contribution in [0, 0.1) is 0 Å². The molecular weight excluding hydrogens is 308 g/mol. The second kappa shape index (κ2) is 7.33. The molecule has 0 aliphatic carbocycles. The third-order valence-corrected chi connectivity index (χ3v) is 4.02. The number of ether oxygens (including phenoxy) is 1. The highest BCUT2D eigenvalue weighted by Crippen LogP contribution is 2.27.